The Labute approximate surface area is 233 Å². The minimum absolute atomic E-state index is 0.115. The number of rotatable bonds is 12. The number of hydroxylamine groups is 1. The summed E-state index contributed by atoms with van der Waals surface area (Å²) in [6.45, 7) is 4.40. The molecule has 0 fully saturated rings. The van der Waals surface area contributed by atoms with E-state index in [9.17, 15) is 14.3 Å². The number of benzene rings is 3. The first-order chi connectivity index (χ1) is 19.3. The van der Waals surface area contributed by atoms with Crippen LogP contribution in [0.15, 0.2) is 78.9 Å². The van der Waals surface area contributed by atoms with Gasteiger partial charge in [0.1, 0.15) is 11.6 Å². The van der Waals surface area contributed by atoms with Crippen molar-refractivity contribution in [1.82, 2.24) is 10.0 Å². The molecule has 1 heterocycles. The largest absolute Gasteiger partial charge is 0.497 e. The Morgan fingerprint density at radius 2 is 1.75 bits per heavy atom. The van der Waals surface area contributed by atoms with Crippen LogP contribution in [0.25, 0.3) is 28.1 Å². The number of para-hydroxylation sites is 1. The van der Waals surface area contributed by atoms with Crippen molar-refractivity contribution < 1.29 is 29.0 Å². The SMILES string of the molecule is COc1ccc(CO[C@@H](CC(=O)NO)C[C@H](O)/C=C/c2c(-c3ccc(F)cc3)c3ccccc3n2C(C)C)cc1. The molecular weight excluding hydrogens is 511 g/mol. The summed E-state index contributed by atoms with van der Waals surface area (Å²) in [5, 5.41) is 21.1. The van der Waals surface area contributed by atoms with E-state index in [-0.39, 0.29) is 31.3 Å². The third-order valence-corrected chi connectivity index (χ3v) is 6.76. The Morgan fingerprint density at radius 3 is 2.40 bits per heavy atom. The van der Waals surface area contributed by atoms with E-state index < -0.39 is 18.1 Å². The number of nitrogens with zero attached hydrogens (tertiary/aromatic N) is 1. The number of halogens is 1. The van der Waals surface area contributed by atoms with Gasteiger partial charge in [-0.3, -0.25) is 10.0 Å². The predicted octanol–water partition coefficient (Wildman–Crippen LogP) is 6.28. The fourth-order valence-corrected chi connectivity index (χ4v) is 4.87. The van der Waals surface area contributed by atoms with E-state index in [0.29, 0.717) is 0 Å². The minimum atomic E-state index is -0.938. The van der Waals surface area contributed by atoms with Gasteiger partial charge in [0.25, 0.3) is 0 Å². The molecule has 0 aliphatic rings. The van der Waals surface area contributed by atoms with Crippen LogP contribution in [0.5, 0.6) is 5.75 Å². The van der Waals surface area contributed by atoms with Crippen molar-refractivity contribution in [1.29, 1.82) is 0 Å². The zero-order valence-electron chi connectivity index (χ0n) is 22.9. The molecule has 210 valence electrons. The van der Waals surface area contributed by atoms with Gasteiger partial charge in [-0.1, -0.05) is 48.5 Å². The summed E-state index contributed by atoms with van der Waals surface area (Å²) >= 11 is 0. The first-order valence-corrected chi connectivity index (χ1v) is 13.2. The van der Waals surface area contributed by atoms with Gasteiger partial charge in [0.05, 0.1) is 32.3 Å². The molecule has 40 heavy (non-hydrogen) atoms. The summed E-state index contributed by atoms with van der Waals surface area (Å²) in [6, 6.07) is 21.9. The van der Waals surface area contributed by atoms with Crippen LogP contribution >= 0.6 is 0 Å². The average molecular weight is 547 g/mol. The lowest BCUT2D eigenvalue weighted by Gasteiger charge is -2.19. The molecule has 0 saturated heterocycles. The van der Waals surface area contributed by atoms with E-state index >= 15 is 0 Å². The zero-order chi connectivity index (χ0) is 28.6. The number of nitrogens with one attached hydrogen (secondary N) is 1. The van der Waals surface area contributed by atoms with Crippen molar-refractivity contribution in [3.63, 3.8) is 0 Å². The van der Waals surface area contributed by atoms with Crippen molar-refractivity contribution in [3.05, 3.63) is 95.9 Å². The number of ether oxygens (including phenoxy) is 2. The summed E-state index contributed by atoms with van der Waals surface area (Å²) < 4.78 is 27.1. The normalized spacial score (nSPS) is 13.2. The van der Waals surface area contributed by atoms with Gasteiger partial charge in [-0.2, -0.15) is 0 Å². The second-order valence-corrected chi connectivity index (χ2v) is 9.93. The molecular formula is C32H35FN2O5. The van der Waals surface area contributed by atoms with Crippen molar-refractivity contribution in [3.8, 4) is 16.9 Å². The maximum atomic E-state index is 13.7. The number of amides is 1. The van der Waals surface area contributed by atoms with Gasteiger partial charge < -0.3 is 19.1 Å². The third kappa shape index (κ3) is 6.96. The van der Waals surface area contributed by atoms with Gasteiger partial charge in [-0.15, -0.1) is 0 Å². The number of methoxy groups -OCH3 is 1. The number of aromatic nitrogens is 1. The number of hydrogen-bond donors (Lipinski definition) is 3. The second-order valence-electron chi connectivity index (χ2n) is 9.93. The van der Waals surface area contributed by atoms with Crippen LogP contribution in [0.2, 0.25) is 0 Å². The topological polar surface area (TPSA) is 93.0 Å². The average Bonchev–Trinajstić information content (AvgIpc) is 3.29. The van der Waals surface area contributed by atoms with Crippen LogP contribution in [-0.2, 0) is 16.1 Å². The smallest absolute Gasteiger partial charge is 0.245 e. The van der Waals surface area contributed by atoms with Crippen LogP contribution in [0.3, 0.4) is 0 Å². The Balaban J connectivity index is 1.60. The van der Waals surface area contributed by atoms with Gasteiger partial charge in [-0.25, -0.2) is 9.87 Å². The molecule has 3 aromatic carbocycles. The Hall–Kier alpha value is -3.98. The lowest BCUT2D eigenvalue weighted by atomic mass is 10.0. The van der Waals surface area contributed by atoms with Crippen molar-refractivity contribution in [2.75, 3.05) is 7.11 Å². The number of carbonyl (C=O) groups excluding carboxylic acids is 1. The van der Waals surface area contributed by atoms with Crippen LogP contribution in [0.1, 0.15) is 44.0 Å². The van der Waals surface area contributed by atoms with E-state index in [1.54, 1.807) is 30.8 Å². The molecule has 0 unspecified atom stereocenters. The Morgan fingerprint density at radius 1 is 1.05 bits per heavy atom. The fraction of sp³-hybridized carbons (Fsp3) is 0.281. The molecule has 0 spiro atoms. The monoisotopic (exact) mass is 546 g/mol. The molecule has 0 saturated carbocycles. The maximum absolute atomic E-state index is 13.7. The predicted molar refractivity (Wildman–Crippen MR) is 153 cm³/mol. The number of carbonyl (C=O) groups is 1. The maximum Gasteiger partial charge on any atom is 0.245 e. The lowest BCUT2D eigenvalue weighted by molar-refractivity contribution is -0.133. The van der Waals surface area contributed by atoms with Gasteiger partial charge in [0, 0.05) is 34.6 Å². The molecule has 4 rings (SSSR count). The lowest BCUT2D eigenvalue weighted by Crippen LogP contribution is -2.28. The van der Waals surface area contributed by atoms with E-state index in [2.05, 4.69) is 18.4 Å². The quantitative estimate of drug-likeness (QED) is 0.144. The summed E-state index contributed by atoms with van der Waals surface area (Å²) in [6.07, 6.45) is 1.98. The van der Waals surface area contributed by atoms with Gasteiger partial charge in [-0.05, 0) is 61.4 Å². The highest BCUT2D eigenvalue weighted by Gasteiger charge is 2.21. The molecule has 2 atom stereocenters. The minimum Gasteiger partial charge on any atom is -0.497 e. The first-order valence-electron chi connectivity index (χ1n) is 13.2. The Bertz CT molecular complexity index is 1440. The number of fused-ring (bicyclic) bond motifs is 1. The van der Waals surface area contributed by atoms with E-state index in [4.69, 9.17) is 14.7 Å². The molecule has 1 aromatic heterocycles. The van der Waals surface area contributed by atoms with Crippen molar-refractivity contribution in [2.24, 2.45) is 0 Å². The molecule has 0 aliphatic heterocycles. The van der Waals surface area contributed by atoms with Gasteiger partial charge >= 0.3 is 0 Å². The molecule has 0 aliphatic carbocycles. The summed E-state index contributed by atoms with van der Waals surface area (Å²) in [7, 11) is 1.59. The van der Waals surface area contributed by atoms with E-state index in [0.717, 1.165) is 39.0 Å². The highest BCUT2D eigenvalue weighted by molar-refractivity contribution is 6.01. The van der Waals surface area contributed by atoms with Gasteiger partial charge in [0.15, 0.2) is 0 Å². The fourth-order valence-electron chi connectivity index (χ4n) is 4.87. The molecule has 7 nitrogen and oxygen atoms in total. The molecule has 1 amide bonds. The summed E-state index contributed by atoms with van der Waals surface area (Å²) in [4.78, 5) is 11.9. The van der Waals surface area contributed by atoms with Crippen LogP contribution in [0, 0.1) is 5.82 Å². The number of hydrogen-bond acceptors (Lipinski definition) is 5. The number of aliphatic hydroxyl groups excluding tert-OH is 1. The molecule has 0 radical (unpaired) electrons. The third-order valence-electron chi connectivity index (χ3n) is 6.76. The first kappa shape index (κ1) is 29.0. The van der Waals surface area contributed by atoms with Gasteiger partial charge in [0.2, 0.25) is 5.91 Å². The van der Waals surface area contributed by atoms with Crippen molar-refractivity contribution >= 4 is 22.9 Å². The van der Waals surface area contributed by atoms with E-state index in [1.165, 1.54) is 12.1 Å². The highest BCUT2D eigenvalue weighted by Crippen LogP contribution is 2.38. The second kappa shape index (κ2) is 13.4. The van der Waals surface area contributed by atoms with Crippen LogP contribution < -0.4 is 10.2 Å². The molecule has 4 aromatic rings. The van der Waals surface area contributed by atoms with Crippen molar-refractivity contribution in [2.45, 2.75) is 51.5 Å². The molecule has 0 bridgehead atoms. The highest BCUT2D eigenvalue weighted by atomic mass is 19.1. The summed E-state index contributed by atoms with van der Waals surface area (Å²) in [5.74, 6) is -0.190. The van der Waals surface area contributed by atoms with Crippen LogP contribution in [0.4, 0.5) is 4.39 Å². The zero-order valence-corrected chi connectivity index (χ0v) is 22.9. The summed E-state index contributed by atoms with van der Waals surface area (Å²) in [5.41, 5.74) is 6.24. The number of aliphatic hydroxyl groups is 1. The molecule has 8 heteroatoms. The standard InChI is InChI=1S/C32H35FN2O5/c1-21(2)35-29-7-5-4-6-28(29)32(23-10-12-24(33)13-11-23)30(35)17-14-25(36)18-27(19-31(37)34-38)40-20-22-8-15-26(39-3)16-9-22/h4-17,21,25,27,36,38H,18-20H2,1-3H3,(H,34,37)/b17-14+/t25-,27-/m1/s1. The van der Waals surface area contributed by atoms with E-state index in [1.807, 2.05) is 54.6 Å². The van der Waals surface area contributed by atoms with Crippen LogP contribution in [-0.4, -0.2) is 40.1 Å². The Kier molecular flexibility index (Phi) is 9.71. The molecule has 3 N–H and O–H groups in total.